The average molecular weight is 547 g/mol. The molecule has 2 aliphatic rings. The van der Waals surface area contributed by atoms with Crippen LogP contribution in [0, 0.1) is 11.6 Å². The van der Waals surface area contributed by atoms with Crippen LogP contribution in [0.3, 0.4) is 0 Å². The Morgan fingerprint density at radius 1 is 1.18 bits per heavy atom. The monoisotopic (exact) mass is 546 g/mol. The summed E-state index contributed by atoms with van der Waals surface area (Å²) in [4.78, 5) is 32.2. The number of likely N-dealkylation sites (N-methyl/N-ethyl adjacent to an activating group) is 1. The highest BCUT2D eigenvalue weighted by molar-refractivity contribution is 5.95. The third-order valence-electron chi connectivity index (χ3n) is 6.43. The van der Waals surface area contributed by atoms with Gasteiger partial charge in [0.1, 0.15) is 6.61 Å². The second-order valence-corrected chi connectivity index (χ2v) is 9.79. The molecule has 0 aromatic heterocycles. The number of carbonyl (C=O) groups excluding carboxylic acids is 2. The lowest BCUT2D eigenvalue weighted by molar-refractivity contribution is -0.140. The summed E-state index contributed by atoms with van der Waals surface area (Å²) < 4.78 is 44.4. The Balaban J connectivity index is 1.33. The van der Waals surface area contributed by atoms with Gasteiger partial charge in [-0.1, -0.05) is 47.6 Å². The fourth-order valence-corrected chi connectivity index (χ4v) is 4.29. The number of oxime groups is 1. The standard InChI is InChI=1S/C27H32F2N4O6/c1-27(2)37-16-20(38-27)12-19(33(3)25(34)30-14-18-10-7-11-21(28)24(18)29)15-36-26(35)31-23-13-22(39-32-23)17-8-5-4-6-9-17/h4-11,19-20,22H,12-16H2,1-3H3,(H,30,34)(H,31,32,35)/t19-,20+,22?/m0/s1. The van der Waals surface area contributed by atoms with Crippen molar-refractivity contribution in [3.05, 3.63) is 71.3 Å². The largest absolute Gasteiger partial charge is 0.447 e. The molecule has 2 aromatic rings. The van der Waals surface area contributed by atoms with Gasteiger partial charge in [-0.2, -0.15) is 0 Å². The Bertz CT molecular complexity index is 1200. The highest BCUT2D eigenvalue weighted by Crippen LogP contribution is 2.27. The first kappa shape index (κ1) is 28.2. The number of carbonyl (C=O) groups is 2. The van der Waals surface area contributed by atoms with Crippen molar-refractivity contribution in [2.24, 2.45) is 5.16 Å². The summed E-state index contributed by atoms with van der Waals surface area (Å²) in [5.41, 5.74) is 0.936. The second-order valence-electron chi connectivity index (χ2n) is 9.79. The summed E-state index contributed by atoms with van der Waals surface area (Å²) in [6, 6.07) is 12.1. The number of halogens is 2. The summed E-state index contributed by atoms with van der Waals surface area (Å²) in [6.45, 7) is 3.47. The van der Waals surface area contributed by atoms with Gasteiger partial charge in [-0.25, -0.2) is 18.4 Å². The van der Waals surface area contributed by atoms with Crippen molar-refractivity contribution in [1.29, 1.82) is 0 Å². The van der Waals surface area contributed by atoms with Gasteiger partial charge in [0.25, 0.3) is 0 Å². The first-order valence-electron chi connectivity index (χ1n) is 12.6. The van der Waals surface area contributed by atoms with Gasteiger partial charge in [-0.15, -0.1) is 0 Å². The summed E-state index contributed by atoms with van der Waals surface area (Å²) >= 11 is 0. The molecule has 210 valence electrons. The lowest BCUT2D eigenvalue weighted by Gasteiger charge is -2.30. The van der Waals surface area contributed by atoms with E-state index in [1.807, 2.05) is 30.3 Å². The molecule has 1 unspecified atom stereocenters. The van der Waals surface area contributed by atoms with Gasteiger partial charge in [0.2, 0.25) is 0 Å². The fourth-order valence-electron chi connectivity index (χ4n) is 4.29. The predicted molar refractivity (Wildman–Crippen MR) is 136 cm³/mol. The summed E-state index contributed by atoms with van der Waals surface area (Å²) in [6.07, 6.45) is -0.754. The van der Waals surface area contributed by atoms with Crippen LogP contribution in [0.5, 0.6) is 0 Å². The number of amidine groups is 1. The molecule has 0 radical (unpaired) electrons. The minimum absolute atomic E-state index is 0.00608. The smallest absolute Gasteiger partial charge is 0.412 e. The molecule has 0 spiro atoms. The van der Waals surface area contributed by atoms with E-state index in [4.69, 9.17) is 19.0 Å². The number of hydrogen-bond acceptors (Lipinski definition) is 7. The predicted octanol–water partition coefficient (Wildman–Crippen LogP) is 4.22. The van der Waals surface area contributed by atoms with Crippen LogP contribution in [0.25, 0.3) is 0 Å². The number of rotatable bonds is 8. The van der Waals surface area contributed by atoms with Crippen LogP contribution >= 0.6 is 0 Å². The highest BCUT2D eigenvalue weighted by atomic mass is 19.2. The van der Waals surface area contributed by atoms with E-state index in [9.17, 15) is 18.4 Å². The van der Waals surface area contributed by atoms with Gasteiger partial charge in [-0.3, -0.25) is 5.32 Å². The first-order chi connectivity index (χ1) is 18.6. The number of hydrogen-bond donors (Lipinski definition) is 2. The summed E-state index contributed by atoms with van der Waals surface area (Å²) in [7, 11) is 1.52. The Morgan fingerprint density at radius 2 is 1.95 bits per heavy atom. The minimum Gasteiger partial charge on any atom is -0.447 e. The first-order valence-corrected chi connectivity index (χ1v) is 12.6. The van der Waals surface area contributed by atoms with Gasteiger partial charge in [0, 0.05) is 19.2 Å². The van der Waals surface area contributed by atoms with E-state index in [1.165, 1.54) is 24.1 Å². The molecular formula is C27H32F2N4O6. The molecule has 2 N–H and O–H groups in total. The van der Waals surface area contributed by atoms with E-state index in [-0.39, 0.29) is 30.9 Å². The van der Waals surface area contributed by atoms with Gasteiger partial charge in [-0.05, 0) is 31.9 Å². The van der Waals surface area contributed by atoms with Crippen molar-refractivity contribution in [2.45, 2.75) is 57.3 Å². The van der Waals surface area contributed by atoms with Gasteiger partial charge >= 0.3 is 12.1 Å². The lowest BCUT2D eigenvalue weighted by atomic mass is 10.1. The maximum atomic E-state index is 14.0. The van der Waals surface area contributed by atoms with E-state index in [1.54, 1.807) is 13.8 Å². The number of ether oxygens (including phenoxy) is 3. The van der Waals surface area contributed by atoms with Crippen LogP contribution in [0.15, 0.2) is 53.7 Å². The minimum atomic E-state index is -1.02. The quantitative estimate of drug-likeness (QED) is 0.513. The van der Waals surface area contributed by atoms with E-state index >= 15 is 0 Å². The number of nitrogens with one attached hydrogen (secondary N) is 2. The molecule has 10 nitrogen and oxygen atoms in total. The van der Waals surface area contributed by atoms with E-state index in [2.05, 4.69) is 15.8 Å². The molecule has 0 aliphatic carbocycles. The van der Waals surface area contributed by atoms with Crippen molar-refractivity contribution >= 4 is 18.0 Å². The molecule has 2 aromatic carbocycles. The topological polar surface area (TPSA) is 111 Å². The van der Waals surface area contributed by atoms with Crippen LogP contribution in [-0.2, 0) is 25.6 Å². The molecular weight excluding hydrogens is 514 g/mol. The molecule has 39 heavy (non-hydrogen) atoms. The number of nitrogens with zero attached hydrogens (tertiary/aromatic N) is 2. The molecule has 4 rings (SSSR count). The number of amides is 3. The van der Waals surface area contributed by atoms with Crippen molar-refractivity contribution in [2.75, 3.05) is 20.3 Å². The van der Waals surface area contributed by atoms with Gasteiger partial charge in [0.05, 0.1) is 25.2 Å². The van der Waals surface area contributed by atoms with Crippen LogP contribution in [-0.4, -0.2) is 61.1 Å². The molecule has 2 aliphatic heterocycles. The number of urea groups is 1. The maximum absolute atomic E-state index is 14.0. The highest BCUT2D eigenvalue weighted by Gasteiger charge is 2.36. The lowest BCUT2D eigenvalue weighted by Crippen LogP contribution is -2.48. The Kier molecular flexibility index (Phi) is 8.97. The molecule has 1 fully saturated rings. The van der Waals surface area contributed by atoms with Crippen molar-refractivity contribution in [3.63, 3.8) is 0 Å². The van der Waals surface area contributed by atoms with E-state index in [0.717, 1.165) is 11.6 Å². The average Bonchev–Trinajstić information content (AvgIpc) is 3.52. The van der Waals surface area contributed by atoms with E-state index in [0.29, 0.717) is 25.3 Å². The number of alkyl carbamates (subject to hydrolysis) is 1. The van der Waals surface area contributed by atoms with Crippen molar-refractivity contribution < 1.29 is 37.4 Å². The Morgan fingerprint density at radius 3 is 2.67 bits per heavy atom. The van der Waals surface area contributed by atoms with Crippen molar-refractivity contribution in [3.8, 4) is 0 Å². The van der Waals surface area contributed by atoms with E-state index < -0.39 is 35.6 Å². The maximum Gasteiger partial charge on any atom is 0.412 e. The third kappa shape index (κ3) is 7.64. The van der Waals surface area contributed by atoms with Crippen molar-refractivity contribution in [1.82, 2.24) is 15.5 Å². The van der Waals surface area contributed by atoms with Crippen LogP contribution in [0.4, 0.5) is 18.4 Å². The van der Waals surface area contributed by atoms with Crippen LogP contribution < -0.4 is 10.6 Å². The molecule has 2 heterocycles. The zero-order valence-electron chi connectivity index (χ0n) is 22.0. The molecule has 0 saturated carbocycles. The zero-order valence-corrected chi connectivity index (χ0v) is 22.0. The Hall–Kier alpha value is -3.77. The zero-order chi connectivity index (χ0) is 28.0. The molecule has 0 bridgehead atoms. The fraction of sp³-hybridized carbons (Fsp3) is 0.444. The molecule has 3 atom stereocenters. The normalized spacial score (nSPS) is 20.5. The number of benzene rings is 2. The molecule has 12 heteroatoms. The summed E-state index contributed by atoms with van der Waals surface area (Å²) in [5.74, 6) is -2.48. The molecule has 1 saturated heterocycles. The third-order valence-corrected chi connectivity index (χ3v) is 6.43. The van der Waals surface area contributed by atoms with Crippen LogP contribution in [0.1, 0.15) is 43.9 Å². The molecule has 3 amide bonds. The Labute approximate surface area is 225 Å². The van der Waals surface area contributed by atoms with Gasteiger partial charge < -0.3 is 29.3 Å². The SMILES string of the molecule is CN(C(=O)NCc1cccc(F)c1F)[C@H](COC(=O)NC1=NOC(c2ccccc2)C1)C[C@@H]1COC(C)(C)O1. The second kappa shape index (κ2) is 12.4. The van der Waals surface area contributed by atoms with Crippen LogP contribution in [0.2, 0.25) is 0 Å². The van der Waals surface area contributed by atoms with Gasteiger partial charge in [0.15, 0.2) is 29.4 Å². The summed E-state index contributed by atoms with van der Waals surface area (Å²) in [5, 5.41) is 9.08.